The Labute approximate surface area is 198 Å². The number of hydrogen-bond acceptors (Lipinski definition) is 7. The first-order valence-corrected chi connectivity index (χ1v) is 12.2. The standard InChI is InChI=1S/C20H38O7S.Na/c1-2-3-4-5-6-7-8-9-10-11-12-13-16-26-19(21)14-17-27-20(22)15-18-28(23,24)25;/h2-18H2,1H3,(H,23,24,25);/q;+1/p-1. The van der Waals surface area contributed by atoms with Crippen LogP contribution >= 0.6 is 0 Å². The van der Waals surface area contributed by atoms with Crippen LogP contribution in [-0.4, -0.2) is 43.9 Å². The maximum Gasteiger partial charge on any atom is 1.00 e. The van der Waals surface area contributed by atoms with Gasteiger partial charge in [0.05, 0.1) is 29.6 Å². The second-order valence-corrected chi connectivity index (χ2v) is 8.62. The molecule has 0 atom stereocenters. The summed E-state index contributed by atoms with van der Waals surface area (Å²) in [6, 6.07) is 0. The summed E-state index contributed by atoms with van der Waals surface area (Å²) in [5.41, 5.74) is 0. The molecule has 0 aliphatic rings. The number of rotatable bonds is 19. The topological polar surface area (TPSA) is 110 Å². The van der Waals surface area contributed by atoms with Crippen LogP contribution in [0.25, 0.3) is 0 Å². The second-order valence-electron chi connectivity index (χ2n) is 7.09. The van der Waals surface area contributed by atoms with Crippen molar-refractivity contribution in [3.63, 3.8) is 0 Å². The molecule has 0 heterocycles. The van der Waals surface area contributed by atoms with Crippen LogP contribution in [0.15, 0.2) is 0 Å². The Kier molecular flexibility index (Phi) is 22.6. The van der Waals surface area contributed by atoms with Crippen molar-refractivity contribution >= 4 is 22.1 Å². The van der Waals surface area contributed by atoms with Crippen LogP contribution in [0, 0.1) is 0 Å². The van der Waals surface area contributed by atoms with Gasteiger partial charge < -0.3 is 14.0 Å². The van der Waals surface area contributed by atoms with Crippen LogP contribution in [0.3, 0.4) is 0 Å². The van der Waals surface area contributed by atoms with Crippen molar-refractivity contribution in [2.75, 3.05) is 19.0 Å². The maximum absolute atomic E-state index is 11.5. The zero-order valence-corrected chi connectivity index (χ0v) is 21.1. The van der Waals surface area contributed by atoms with E-state index < -0.39 is 34.2 Å². The van der Waals surface area contributed by atoms with Crippen molar-refractivity contribution in [1.29, 1.82) is 0 Å². The second kappa shape index (κ2) is 21.1. The zero-order valence-electron chi connectivity index (χ0n) is 18.3. The van der Waals surface area contributed by atoms with Gasteiger partial charge in [0.1, 0.15) is 6.61 Å². The predicted octanol–water partition coefficient (Wildman–Crippen LogP) is 1.10. The van der Waals surface area contributed by atoms with Gasteiger partial charge in [-0.3, -0.25) is 9.59 Å². The Balaban J connectivity index is 0. The number of hydrogen-bond donors (Lipinski definition) is 0. The normalized spacial score (nSPS) is 11.0. The number of unbranched alkanes of at least 4 members (excludes halogenated alkanes) is 11. The van der Waals surface area contributed by atoms with Crippen LogP contribution < -0.4 is 29.6 Å². The molecule has 0 aromatic heterocycles. The minimum absolute atomic E-state index is 0. The van der Waals surface area contributed by atoms with Crippen LogP contribution in [0.1, 0.15) is 96.8 Å². The molecule has 0 aliphatic carbocycles. The summed E-state index contributed by atoms with van der Waals surface area (Å²) in [6.07, 6.45) is 14.3. The molecule has 0 spiro atoms. The van der Waals surface area contributed by atoms with Crippen molar-refractivity contribution in [1.82, 2.24) is 0 Å². The van der Waals surface area contributed by atoms with Crippen molar-refractivity contribution in [3.05, 3.63) is 0 Å². The van der Waals surface area contributed by atoms with E-state index in [0.717, 1.165) is 19.3 Å². The molecule has 0 radical (unpaired) electrons. The molecular formula is C20H37NaO7S. The van der Waals surface area contributed by atoms with Gasteiger partial charge in [-0.15, -0.1) is 0 Å². The minimum Gasteiger partial charge on any atom is -0.748 e. The summed E-state index contributed by atoms with van der Waals surface area (Å²) >= 11 is 0. The molecule has 0 aliphatic heterocycles. The van der Waals surface area contributed by atoms with Crippen LogP contribution in [0.4, 0.5) is 0 Å². The molecule has 0 aromatic carbocycles. The molecule has 0 amide bonds. The van der Waals surface area contributed by atoms with Gasteiger partial charge in [-0.05, 0) is 6.42 Å². The minimum atomic E-state index is -4.43. The smallest absolute Gasteiger partial charge is 0.748 e. The summed E-state index contributed by atoms with van der Waals surface area (Å²) in [6.45, 7) is 2.42. The van der Waals surface area contributed by atoms with E-state index >= 15 is 0 Å². The Hall–Kier alpha value is -0.150. The molecule has 0 fully saturated rings. The Morgan fingerprint density at radius 1 is 0.690 bits per heavy atom. The van der Waals surface area contributed by atoms with Gasteiger partial charge in [0, 0.05) is 5.75 Å². The number of esters is 2. The van der Waals surface area contributed by atoms with E-state index in [1.165, 1.54) is 57.8 Å². The molecule has 9 heteroatoms. The molecule has 0 saturated carbocycles. The average molecular weight is 445 g/mol. The first-order chi connectivity index (χ1) is 13.3. The molecule has 0 bridgehead atoms. The van der Waals surface area contributed by atoms with E-state index in [9.17, 15) is 22.6 Å². The molecular weight excluding hydrogens is 407 g/mol. The number of carbonyl (C=O) groups excluding carboxylic acids is 2. The van der Waals surface area contributed by atoms with Crippen molar-refractivity contribution in [2.24, 2.45) is 0 Å². The Morgan fingerprint density at radius 3 is 1.59 bits per heavy atom. The quantitative estimate of drug-likeness (QED) is 0.127. The van der Waals surface area contributed by atoms with Crippen molar-refractivity contribution in [3.8, 4) is 0 Å². The summed E-state index contributed by atoms with van der Waals surface area (Å²) < 4.78 is 40.9. The van der Waals surface area contributed by atoms with Crippen LogP contribution in [0.5, 0.6) is 0 Å². The summed E-state index contributed by atoms with van der Waals surface area (Å²) in [5, 5.41) is 0. The van der Waals surface area contributed by atoms with E-state index in [0.29, 0.717) is 6.61 Å². The van der Waals surface area contributed by atoms with Crippen molar-refractivity contribution < 1.29 is 61.6 Å². The summed E-state index contributed by atoms with van der Waals surface area (Å²) in [4.78, 5) is 22.7. The van der Waals surface area contributed by atoms with Crippen LogP contribution in [0.2, 0.25) is 0 Å². The van der Waals surface area contributed by atoms with E-state index in [1.54, 1.807) is 0 Å². The fourth-order valence-electron chi connectivity index (χ4n) is 2.73. The van der Waals surface area contributed by atoms with Gasteiger partial charge in [0.25, 0.3) is 0 Å². The van der Waals surface area contributed by atoms with Gasteiger partial charge in [0.2, 0.25) is 0 Å². The first-order valence-electron chi connectivity index (χ1n) is 10.6. The van der Waals surface area contributed by atoms with E-state index in [-0.39, 0.29) is 42.6 Å². The van der Waals surface area contributed by atoms with E-state index in [4.69, 9.17) is 4.74 Å². The van der Waals surface area contributed by atoms with Gasteiger partial charge >= 0.3 is 41.5 Å². The Bertz CT molecular complexity index is 509. The molecule has 0 unspecified atom stereocenters. The largest absolute Gasteiger partial charge is 1.00 e. The van der Waals surface area contributed by atoms with Gasteiger partial charge in [-0.1, -0.05) is 77.6 Å². The van der Waals surface area contributed by atoms with Crippen LogP contribution in [-0.2, 0) is 29.2 Å². The Morgan fingerprint density at radius 2 is 1.10 bits per heavy atom. The summed E-state index contributed by atoms with van der Waals surface area (Å²) in [5.74, 6) is -2.06. The van der Waals surface area contributed by atoms with E-state index in [2.05, 4.69) is 11.7 Å². The average Bonchev–Trinajstić information content (AvgIpc) is 2.63. The van der Waals surface area contributed by atoms with Crippen molar-refractivity contribution in [2.45, 2.75) is 96.8 Å². The molecule has 0 rings (SSSR count). The van der Waals surface area contributed by atoms with Gasteiger partial charge in [-0.25, -0.2) is 8.42 Å². The molecule has 0 N–H and O–H groups in total. The fourth-order valence-corrected chi connectivity index (χ4v) is 3.15. The molecule has 29 heavy (non-hydrogen) atoms. The monoisotopic (exact) mass is 444 g/mol. The molecule has 0 aromatic rings. The molecule has 7 nitrogen and oxygen atoms in total. The summed E-state index contributed by atoms with van der Waals surface area (Å²) in [7, 11) is -4.43. The third-order valence-electron chi connectivity index (χ3n) is 4.39. The SMILES string of the molecule is CCCCCCCCCCCCCCOC(=O)CCOC(=O)CCS(=O)(=O)[O-].[Na+]. The maximum atomic E-state index is 11.5. The zero-order chi connectivity index (χ0) is 21.1. The predicted molar refractivity (Wildman–Crippen MR) is 107 cm³/mol. The third-order valence-corrected chi connectivity index (χ3v) is 5.09. The van der Waals surface area contributed by atoms with Gasteiger partial charge in [0.15, 0.2) is 0 Å². The number of ether oxygens (including phenoxy) is 2. The molecule has 166 valence electrons. The fraction of sp³-hybridized carbons (Fsp3) is 0.900. The molecule has 0 saturated heterocycles. The van der Waals surface area contributed by atoms with E-state index in [1.807, 2.05) is 0 Å². The van der Waals surface area contributed by atoms with Gasteiger partial charge in [-0.2, -0.15) is 0 Å². The number of carbonyl (C=O) groups is 2. The third kappa shape index (κ3) is 25.8. The first kappa shape index (κ1) is 31.0.